The van der Waals surface area contributed by atoms with Crippen molar-refractivity contribution in [2.24, 2.45) is 0 Å². The molecule has 9 heteroatoms. The third-order valence-electron chi connectivity index (χ3n) is 5.97. The molecule has 2 aromatic carbocycles. The zero-order valence-corrected chi connectivity index (χ0v) is 21.1. The molecule has 0 unspecified atom stereocenters. The summed E-state index contributed by atoms with van der Waals surface area (Å²) in [6.07, 6.45) is 2.13. The molecule has 1 saturated heterocycles. The highest BCUT2D eigenvalue weighted by Gasteiger charge is 2.24. The van der Waals surface area contributed by atoms with Crippen LogP contribution in [0.1, 0.15) is 29.5 Å². The second-order valence-corrected chi connectivity index (χ2v) is 9.86. The van der Waals surface area contributed by atoms with Crippen molar-refractivity contribution in [1.29, 1.82) is 0 Å². The first-order valence-corrected chi connectivity index (χ1v) is 12.5. The van der Waals surface area contributed by atoms with Crippen molar-refractivity contribution in [3.05, 3.63) is 59.2 Å². The molecule has 0 bridgehead atoms. The van der Waals surface area contributed by atoms with Crippen LogP contribution in [0.15, 0.2) is 47.6 Å². The Kier molecular flexibility index (Phi) is 7.84. The number of benzene rings is 2. The number of ether oxygens (including phenoxy) is 1. The summed E-state index contributed by atoms with van der Waals surface area (Å²) in [5.41, 5.74) is 5.42. The Balaban J connectivity index is 1.46. The number of tetrazole rings is 1. The number of aromatic nitrogens is 4. The van der Waals surface area contributed by atoms with Gasteiger partial charge in [0.15, 0.2) is 0 Å². The Morgan fingerprint density at radius 3 is 2.65 bits per heavy atom. The second-order valence-electron chi connectivity index (χ2n) is 8.92. The molecule has 8 nitrogen and oxygen atoms in total. The number of hydrogen-bond acceptors (Lipinski definition) is 7. The summed E-state index contributed by atoms with van der Waals surface area (Å²) in [6.45, 7) is 6.01. The molecule has 0 aliphatic carbocycles. The van der Waals surface area contributed by atoms with Crippen molar-refractivity contribution in [2.45, 2.75) is 44.5 Å². The van der Waals surface area contributed by atoms with Crippen molar-refractivity contribution in [3.63, 3.8) is 0 Å². The van der Waals surface area contributed by atoms with Gasteiger partial charge in [0, 0.05) is 39.5 Å². The Bertz CT molecular complexity index is 1110. The molecular weight excluding hydrogens is 448 g/mol. The van der Waals surface area contributed by atoms with E-state index in [9.17, 15) is 4.79 Å². The predicted molar refractivity (Wildman–Crippen MR) is 135 cm³/mol. The quantitative estimate of drug-likeness (QED) is 0.433. The van der Waals surface area contributed by atoms with Crippen LogP contribution in [-0.2, 0) is 16.1 Å². The first-order valence-electron chi connectivity index (χ1n) is 11.5. The molecule has 2 heterocycles. The van der Waals surface area contributed by atoms with Crippen LogP contribution in [0.3, 0.4) is 0 Å². The molecule has 1 fully saturated rings. The molecule has 1 atom stereocenters. The highest BCUT2D eigenvalue weighted by atomic mass is 32.2. The Hall–Kier alpha value is -2.91. The normalized spacial score (nSPS) is 15.5. The van der Waals surface area contributed by atoms with Gasteiger partial charge in [-0.3, -0.25) is 4.79 Å². The van der Waals surface area contributed by atoms with Crippen LogP contribution in [0.4, 0.5) is 5.69 Å². The van der Waals surface area contributed by atoms with Gasteiger partial charge in [0.2, 0.25) is 11.1 Å². The zero-order valence-electron chi connectivity index (χ0n) is 20.3. The van der Waals surface area contributed by atoms with E-state index in [1.807, 2.05) is 38.1 Å². The van der Waals surface area contributed by atoms with Gasteiger partial charge in [0.1, 0.15) is 0 Å². The number of carbonyl (C=O) groups is 1. The van der Waals surface area contributed by atoms with Gasteiger partial charge < -0.3 is 14.5 Å². The van der Waals surface area contributed by atoms with E-state index in [2.05, 4.69) is 57.7 Å². The predicted octanol–water partition coefficient (Wildman–Crippen LogP) is 3.65. The summed E-state index contributed by atoms with van der Waals surface area (Å²) in [7, 11) is 4.04. The fourth-order valence-corrected chi connectivity index (χ4v) is 4.88. The average molecular weight is 481 g/mol. The molecule has 0 radical (unpaired) electrons. The highest BCUT2D eigenvalue weighted by molar-refractivity contribution is 7.99. The summed E-state index contributed by atoms with van der Waals surface area (Å²) in [5, 5.41) is 12.8. The molecule has 1 aliphatic heterocycles. The molecule has 0 spiro atoms. The van der Waals surface area contributed by atoms with Gasteiger partial charge in [-0.05, 0) is 66.4 Å². The summed E-state index contributed by atoms with van der Waals surface area (Å²) >= 11 is 1.36. The molecule has 180 valence electrons. The molecule has 3 aromatic rings. The van der Waals surface area contributed by atoms with Crippen molar-refractivity contribution < 1.29 is 9.53 Å². The minimum atomic E-state index is 0.0485. The fraction of sp³-hybridized carbons (Fsp3) is 0.440. The van der Waals surface area contributed by atoms with E-state index in [4.69, 9.17) is 4.74 Å². The topological polar surface area (TPSA) is 76.4 Å². The van der Waals surface area contributed by atoms with Gasteiger partial charge >= 0.3 is 0 Å². The maximum Gasteiger partial charge on any atom is 0.233 e. The first-order chi connectivity index (χ1) is 16.4. The van der Waals surface area contributed by atoms with E-state index in [-0.39, 0.29) is 17.8 Å². The van der Waals surface area contributed by atoms with Crippen LogP contribution in [0.5, 0.6) is 0 Å². The van der Waals surface area contributed by atoms with Crippen molar-refractivity contribution in [1.82, 2.24) is 25.1 Å². The van der Waals surface area contributed by atoms with E-state index in [1.54, 1.807) is 4.68 Å². The molecule has 0 saturated carbocycles. The molecular formula is C25H32N6O2S. The van der Waals surface area contributed by atoms with Crippen LogP contribution in [-0.4, -0.2) is 70.1 Å². The van der Waals surface area contributed by atoms with Gasteiger partial charge in [-0.15, -0.1) is 5.10 Å². The number of anilines is 1. The van der Waals surface area contributed by atoms with Crippen molar-refractivity contribution in [3.8, 4) is 5.69 Å². The number of rotatable bonds is 9. The zero-order chi connectivity index (χ0) is 24.1. The van der Waals surface area contributed by atoms with Gasteiger partial charge in [-0.2, -0.15) is 4.68 Å². The van der Waals surface area contributed by atoms with E-state index in [0.717, 1.165) is 42.0 Å². The van der Waals surface area contributed by atoms with E-state index < -0.39 is 0 Å². The van der Waals surface area contributed by atoms with Crippen LogP contribution < -0.4 is 4.90 Å². The lowest BCUT2D eigenvalue weighted by Crippen LogP contribution is -2.38. The lowest BCUT2D eigenvalue weighted by atomic mass is 10.1. The largest absolute Gasteiger partial charge is 0.378 e. The second kappa shape index (κ2) is 11.0. The molecule has 1 amide bonds. The first kappa shape index (κ1) is 24.2. The van der Waals surface area contributed by atoms with Crippen LogP contribution in [0.25, 0.3) is 5.69 Å². The van der Waals surface area contributed by atoms with Gasteiger partial charge in [-0.25, -0.2) is 0 Å². The number of nitrogens with zero attached hydrogens (tertiary/aromatic N) is 6. The fourth-order valence-electron chi connectivity index (χ4n) is 4.09. The summed E-state index contributed by atoms with van der Waals surface area (Å²) < 4.78 is 7.53. The SMILES string of the molecule is Cc1ccc(-n2nnnc2SCC(=O)N(Cc2ccc(N(C)C)cc2)C[C@H]2CCCO2)c(C)c1. The summed E-state index contributed by atoms with van der Waals surface area (Å²) in [5.74, 6) is 0.306. The summed E-state index contributed by atoms with van der Waals surface area (Å²) in [4.78, 5) is 17.3. The number of thioether (sulfide) groups is 1. The summed E-state index contributed by atoms with van der Waals surface area (Å²) in [6, 6.07) is 14.5. The maximum absolute atomic E-state index is 13.3. The van der Waals surface area contributed by atoms with E-state index in [0.29, 0.717) is 18.2 Å². The number of amides is 1. The van der Waals surface area contributed by atoms with E-state index >= 15 is 0 Å². The third-order valence-corrected chi connectivity index (χ3v) is 6.88. The number of aryl methyl sites for hydroxylation is 2. The standard InChI is InChI=1S/C25H32N6O2S/c1-18-7-12-23(19(2)14-18)31-25(26-27-28-31)34-17-24(32)30(16-22-6-5-13-33-22)15-20-8-10-21(11-9-20)29(3)4/h7-12,14,22H,5-6,13,15-17H2,1-4H3/t22-/m1/s1. The van der Waals surface area contributed by atoms with Crippen molar-refractivity contribution in [2.75, 3.05) is 37.9 Å². The Morgan fingerprint density at radius 1 is 1.18 bits per heavy atom. The lowest BCUT2D eigenvalue weighted by molar-refractivity contribution is -0.130. The third kappa shape index (κ3) is 5.95. The van der Waals surface area contributed by atoms with Crippen LogP contribution >= 0.6 is 11.8 Å². The number of hydrogen-bond donors (Lipinski definition) is 0. The minimum Gasteiger partial charge on any atom is -0.378 e. The van der Waals surface area contributed by atoms with Gasteiger partial charge in [0.25, 0.3) is 0 Å². The van der Waals surface area contributed by atoms with Crippen LogP contribution in [0, 0.1) is 13.8 Å². The average Bonchev–Trinajstić information content (AvgIpc) is 3.49. The van der Waals surface area contributed by atoms with Gasteiger partial charge in [-0.1, -0.05) is 41.6 Å². The highest BCUT2D eigenvalue weighted by Crippen LogP contribution is 2.23. The van der Waals surface area contributed by atoms with Crippen molar-refractivity contribution >= 4 is 23.4 Å². The molecule has 1 aromatic heterocycles. The Labute approximate surface area is 205 Å². The molecule has 34 heavy (non-hydrogen) atoms. The Morgan fingerprint density at radius 2 is 1.97 bits per heavy atom. The maximum atomic E-state index is 13.3. The minimum absolute atomic E-state index is 0.0485. The molecule has 0 N–H and O–H groups in total. The van der Waals surface area contributed by atoms with Crippen LogP contribution in [0.2, 0.25) is 0 Å². The molecule has 1 aliphatic rings. The number of carbonyl (C=O) groups excluding carboxylic acids is 1. The monoisotopic (exact) mass is 480 g/mol. The van der Waals surface area contributed by atoms with E-state index in [1.165, 1.54) is 17.3 Å². The molecule has 4 rings (SSSR count). The van der Waals surface area contributed by atoms with Gasteiger partial charge in [0.05, 0.1) is 17.5 Å². The smallest absolute Gasteiger partial charge is 0.233 e. The lowest BCUT2D eigenvalue weighted by Gasteiger charge is -2.26.